The van der Waals surface area contributed by atoms with Crippen LogP contribution in [-0.4, -0.2) is 20.3 Å². The van der Waals surface area contributed by atoms with Crippen molar-refractivity contribution in [2.75, 3.05) is 20.3 Å². The molecule has 0 atom stereocenters. The lowest BCUT2D eigenvalue weighted by Crippen LogP contribution is -1.96. The first-order valence-electron chi connectivity index (χ1n) is 3.13. The summed E-state index contributed by atoms with van der Waals surface area (Å²) in [5.41, 5.74) is 0. The van der Waals surface area contributed by atoms with E-state index in [0.29, 0.717) is 13.2 Å². The molecular weight excluding hydrogens is 250 g/mol. The Morgan fingerprint density at radius 2 is 1.13 bits per heavy atom. The van der Waals surface area contributed by atoms with Crippen molar-refractivity contribution in [2.45, 2.75) is 13.8 Å². The number of hydrogen-bond acceptors (Lipinski definition) is 4. The van der Waals surface area contributed by atoms with Crippen molar-refractivity contribution < 1.29 is 41.7 Å². The summed E-state index contributed by atoms with van der Waals surface area (Å²) in [6, 6.07) is 0. The highest BCUT2D eigenvalue weighted by Crippen LogP contribution is 2.47. The Morgan fingerprint density at radius 1 is 0.867 bits per heavy atom. The molecule has 0 bridgehead atoms. The zero-order valence-corrected chi connectivity index (χ0v) is 9.43. The molecule has 0 saturated heterocycles. The minimum atomic E-state index is -3.20. The smallest absolute Gasteiger partial charge is 0.290 e. The van der Waals surface area contributed by atoms with Crippen molar-refractivity contribution in [1.29, 1.82) is 0 Å². The molecule has 15 heavy (non-hydrogen) atoms. The van der Waals surface area contributed by atoms with Crippen LogP contribution in [-0.2, 0) is 18.1 Å². The van der Waals surface area contributed by atoms with E-state index in [1.165, 1.54) is 7.11 Å². The van der Waals surface area contributed by atoms with Gasteiger partial charge in [0.25, 0.3) is 0 Å². The molecule has 0 aliphatic rings. The molecule has 0 heterocycles. The van der Waals surface area contributed by atoms with E-state index < -0.39 is 7.82 Å². The normalized spacial score (nSPS) is 7.93. The van der Waals surface area contributed by atoms with Crippen molar-refractivity contribution in [3.8, 4) is 0 Å². The van der Waals surface area contributed by atoms with Crippen molar-refractivity contribution in [3.63, 3.8) is 0 Å². The van der Waals surface area contributed by atoms with Crippen LogP contribution < -0.4 is 0 Å². The summed E-state index contributed by atoms with van der Waals surface area (Å²) in [7, 11) is -1.90. The van der Waals surface area contributed by atoms with E-state index in [-0.39, 0.29) is 23.5 Å². The second-order valence-electron chi connectivity index (χ2n) is 1.47. The van der Waals surface area contributed by atoms with Gasteiger partial charge in [-0.1, -0.05) is 0 Å². The molecule has 0 aliphatic heterocycles. The molecule has 0 rings (SSSR count). The first-order chi connectivity index (χ1) is 4.68. The maximum absolute atomic E-state index is 11.1. The predicted molar refractivity (Wildman–Crippen MR) is 50.4 cm³/mol. The van der Waals surface area contributed by atoms with Gasteiger partial charge >= 0.3 is 7.82 Å². The van der Waals surface area contributed by atoms with Gasteiger partial charge in [-0.05, 0) is 13.8 Å². The Hall–Kier alpha value is -0.240. The van der Waals surface area contributed by atoms with Gasteiger partial charge in [-0.3, -0.25) is 37.1 Å². The fraction of sp³-hybridized carbons (Fsp3) is 1.00. The van der Waals surface area contributed by atoms with E-state index in [1.807, 2.05) is 0 Å². The molecule has 0 saturated carbocycles. The summed E-state index contributed by atoms with van der Waals surface area (Å²) in [4.78, 5) is 0. The standard InChI is InChI=1S/C5H13O4P.5FH/c1-4-8-10(6,7-3)9-5-2;;;;;/h4-5H2,1-3H3;5*1H. The van der Waals surface area contributed by atoms with E-state index in [4.69, 9.17) is 9.05 Å². The average molecular weight is 268 g/mol. The molecule has 0 aromatic heterocycles. The molecule has 0 amide bonds. The third-order valence-electron chi connectivity index (χ3n) is 0.798. The van der Waals surface area contributed by atoms with Gasteiger partial charge in [0.2, 0.25) is 0 Å². The fourth-order valence-corrected chi connectivity index (χ4v) is 1.38. The van der Waals surface area contributed by atoms with E-state index in [2.05, 4.69) is 4.52 Å². The summed E-state index contributed by atoms with van der Waals surface area (Å²) < 4.78 is 25.1. The zero-order chi connectivity index (χ0) is 8.04. The van der Waals surface area contributed by atoms with Crippen LogP contribution in [0, 0.1) is 0 Å². The quantitative estimate of drug-likeness (QED) is 0.568. The molecule has 0 aromatic rings. The summed E-state index contributed by atoms with van der Waals surface area (Å²) in [6.45, 7) is 4.10. The van der Waals surface area contributed by atoms with Crippen LogP contribution in [0.1, 0.15) is 13.8 Å². The first-order valence-corrected chi connectivity index (χ1v) is 4.59. The molecule has 0 unspecified atom stereocenters. The SMILES string of the molecule is CCOP(=O)(OC)OCC.F.F.F.F.F. The van der Waals surface area contributed by atoms with Gasteiger partial charge in [-0.15, -0.1) is 0 Å². The molecule has 0 aliphatic carbocycles. The molecule has 0 radical (unpaired) electrons. The number of phosphoric acid groups is 1. The second kappa shape index (κ2) is 19.4. The lowest BCUT2D eigenvalue weighted by atomic mass is 10.9. The Bertz CT molecular complexity index is 129. The highest BCUT2D eigenvalue weighted by molar-refractivity contribution is 7.48. The lowest BCUT2D eigenvalue weighted by Gasteiger charge is -2.12. The minimum absolute atomic E-state index is 0. The van der Waals surface area contributed by atoms with Crippen molar-refractivity contribution in [2.24, 2.45) is 0 Å². The maximum Gasteiger partial charge on any atom is 0.474 e. The molecule has 0 spiro atoms. The van der Waals surface area contributed by atoms with Gasteiger partial charge in [0.05, 0.1) is 13.2 Å². The first kappa shape index (κ1) is 36.4. The van der Waals surface area contributed by atoms with Gasteiger partial charge in [-0.2, -0.15) is 0 Å². The Balaban J connectivity index is -0.0000000405. The molecule has 0 aromatic carbocycles. The number of phosphoric ester groups is 1. The van der Waals surface area contributed by atoms with Gasteiger partial charge in [0.15, 0.2) is 0 Å². The molecule has 10 heteroatoms. The Kier molecular flexibility index (Phi) is 47.0. The third-order valence-corrected chi connectivity index (χ3v) is 2.39. The molecule has 0 N–H and O–H groups in total. The van der Waals surface area contributed by atoms with Crippen LogP contribution in [0.25, 0.3) is 0 Å². The monoisotopic (exact) mass is 268 g/mol. The van der Waals surface area contributed by atoms with Crippen LogP contribution in [0.3, 0.4) is 0 Å². The van der Waals surface area contributed by atoms with Crippen LogP contribution in [0.2, 0.25) is 0 Å². The summed E-state index contributed by atoms with van der Waals surface area (Å²) in [6.07, 6.45) is 0. The zero-order valence-electron chi connectivity index (χ0n) is 8.54. The largest absolute Gasteiger partial charge is 0.474 e. The van der Waals surface area contributed by atoms with E-state index in [9.17, 15) is 4.57 Å². The molecule has 102 valence electrons. The molecule has 4 nitrogen and oxygen atoms in total. The predicted octanol–water partition coefficient (Wildman–Crippen LogP) is 2.58. The molecule has 0 fully saturated rings. The van der Waals surface area contributed by atoms with Gasteiger partial charge in [0.1, 0.15) is 0 Å². The van der Waals surface area contributed by atoms with Crippen LogP contribution >= 0.6 is 7.82 Å². The van der Waals surface area contributed by atoms with Gasteiger partial charge in [-0.25, -0.2) is 4.57 Å². The number of rotatable bonds is 5. The van der Waals surface area contributed by atoms with Crippen LogP contribution in [0.5, 0.6) is 0 Å². The maximum atomic E-state index is 11.1. The summed E-state index contributed by atoms with van der Waals surface area (Å²) >= 11 is 0. The van der Waals surface area contributed by atoms with Crippen molar-refractivity contribution in [1.82, 2.24) is 0 Å². The third kappa shape index (κ3) is 16.4. The second-order valence-corrected chi connectivity index (χ2v) is 3.24. The molecular formula is C5H18F5O4P. The Morgan fingerprint density at radius 3 is 1.27 bits per heavy atom. The topological polar surface area (TPSA) is 44.8 Å². The van der Waals surface area contributed by atoms with E-state index in [0.717, 1.165) is 0 Å². The van der Waals surface area contributed by atoms with E-state index in [1.54, 1.807) is 13.8 Å². The minimum Gasteiger partial charge on any atom is -0.290 e. The van der Waals surface area contributed by atoms with Gasteiger partial charge in [0, 0.05) is 7.11 Å². The van der Waals surface area contributed by atoms with E-state index >= 15 is 0 Å². The summed E-state index contributed by atoms with van der Waals surface area (Å²) in [5.74, 6) is 0. The number of halogens is 5. The summed E-state index contributed by atoms with van der Waals surface area (Å²) in [5, 5.41) is 0. The highest BCUT2D eigenvalue weighted by Gasteiger charge is 2.22. The van der Waals surface area contributed by atoms with Gasteiger partial charge < -0.3 is 0 Å². The van der Waals surface area contributed by atoms with Crippen LogP contribution in [0.15, 0.2) is 0 Å². The highest BCUT2D eigenvalue weighted by atomic mass is 31.2. The number of hydrogen-bond donors (Lipinski definition) is 0. The average Bonchev–Trinajstić information content (AvgIpc) is 1.89. The fourth-order valence-electron chi connectivity index (χ4n) is 0.459. The lowest BCUT2D eigenvalue weighted by molar-refractivity contribution is 0.141. The Labute approximate surface area is 84.7 Å². The van der Waals surface area contributed by atoms with Crippen LogP contribution in [0.4, 0.5) is 23.5 Å². The van der Waals surface area contributed by atoms with Crippen molar-refractivity contribution >= 4 is 7.82 Å². The van der Waals surface area contributed by atoms with Crippen molar-refractivity contribution in [3.05, 3.63) is 0 Å².